The number of rotatable bonds is 5. The lowest BCUT2D eigenvalue weighted by atomic mass is 9.94. The van der Waals surface area contributed by atoms with Gasteiger partial charge in [0.2, 0.25) is 0 Å². The van der Waals surface area contributed by atoms with Gasteiger partial charge in [0.1, 0.15) is 11.5 Å². The first kappa shape index (κ1) is 22.1. The Morgan fingerprint density at radius 1 is 0.621 bits per heavy atom. The largest absolute Gasteiger partial charge is 0.453 e. The summed E-state index contributed by atoms with van der Waals surface area (Å²) in [6.45, 7) is 11.4. The van der Waals surface area contributed by atoms with Crippen molar-refractivity contribution in [1.29, 1.82) is 0 Å². The number of hydrogen-bond donors (Lipinski definition) is 0. The summed E-state index contributed by atoms with van der Waals surface area (Å²) in [6.07, 6.45) is -0.653. The van der Waals surface area contributed by atoms with E-state index in [1.165, 1.54) is 20.8 Å². The molecular weight excluding hydrogens is 372 g/mol. The normalized spacial score (nSPS) is 10.6. The third-order valence-electron chi connectivity index (χ3n) is 4.35. The molecule has 0 aromatic heterocycles. The van der Waals surface area contributed by atoms with Gasteiger partial charge in [0.25, 0.3) is 0 Å². The molecule has 29 heavy (non-hydrogen) atoms. The summed E-state index contributed by atoms with van der Waals surface area (Å²) in [6, 6.07) is 7.35. The fraction of sp³-hybridized carbons (Fsp3) is 0.348. The van der Waals surface area contributed by atoms with Gasteiger partial charge in [-0.05, 0) is 85.3 Å². The molecule has 0 N–H and O–H groups in total. The molecule has 0 aliphatic heterocycles. The maximum absolute atomic E-state index is 11.8. The van der Waals surface area contributed by atoms with Gasteiger partial charge in [-0.25, -0.2) is 0 Å². The SMILES string of the molecule is CC(=O)Oc1c(C)cc(C(OC(C)=O)c2cc(C)c(OC(C)=O)c(C)c2)cc1C. The second kappa shape index (κ2) is 8.90. The van der Waals surface area contributed by atoms with Gasteiger partial charge in [-0.2, -0.15) is 0 Å². The van der Waals surface area contributed by atoms with Crippen LogP contribution >= 0.6 is 0 Å². The van der Waals surface area contributed by atoms with E-state index in [0.29, 0.717) is 11.5 Å². The van der Waals surface area contributed by atoms with Gasteiger partial charge < -0.3 is 14.2 Å². The second-order valence-electron chi connectivity index (χ2n) is 7.14. The molecular formula is C23H26O6. The Morgan fingerprint density at radius 3 is 1.17 bits per heavy atom. The average molecular weight is 398 g/mol. The molecule has 0 saturated carbocycles. The van der Waals surface area contributed by atoms with Crippen molar-refractivity contribution in [3.05, 3.63) is 57.6 Å². The summed E-state index contributed by atoms with van der Waals surface area (Å²) in [5.41, 5.74) is 4.56. The zero-order valence-corrected chi connectivity index (χ0v) is 17.8. The zero-order chi connectivity index (χ0) is 21.9. The quantitative estimate of drug-likeness (QED) is 0.548. The molecule has 6 nitrogen and oxygen atoms in total. The molecule has 0 radical (unpaired) electrons. The smallest absolute Gasteiger partial charge is 0.308 e. The van der Waals surface area contributed by atoms with Crippen molar-refractivity contribution in [3.8, 4) is 11.5 Å². The van der Waals surface area contributed by atoms with Crippen LogP contribution in [0.5, 0.6) is 11.5 Å². The van der Waals surface area contributed by atoms with Gasteiger partial charge >= 0.3 is 17.9 Å². The first-order valence-electron chi connectivity index (χ1n) is 9.26. The van der Waals surface area contributed by atoms with Crippen molar-refractivity contribution in [1.82, 2.24) is 0 Å². The summed E-state index contributed by atoms with van der Waals surface area (Å²) >= 11 is 0. The number of carbonyl (C=O) groups excluding carboxylic acids is 3. The predicted octanol–water partition coefficient (Wildman–Crippen LogP) is 4.42. The molecule has 2 rings (SSSR count). The summed E-state index contributed by atoms with van der Waals surface area (Å²) in [5, 5.41) is 0. The van der Waals surface area contributed by atoms with Crippen molar-refractivity contribution >= 4 is 17.9 Å². The van der Waals surface area contributed by atoms with Gasteiger partial charge in [-0.15, -0.1) is 0 Å². The third-order valence-corrected chi connectivity index (χ3v) is 4.35. The van der Waals surface area contributed by atoms with Crippen LogP contribution in [0, 0.1) is 27.7 Å². The van der Waals surface area contributed by atoms with E-state index in [1.807, 2.05) is 52.0 Å². The van der Waals surface area contributed by atoms with E-state index in [-0.39, 0.29) is 0 Å². The number of benzene rings is 2. The van der Waals surface area contributed by atoms with Crippen LogP contribution < -0.4 is 9.47 Å². The Balaban J connectivity index is 2.57. The number of ether oxygens (including phenoxy) is 3. The van der Waals surface area contributed by atoms with E-state index in [0.717, 1.165) is 33.4 Å². The van der Waals surface area contributed by atoms with Crippen LogP contribution in [0.1, 0.15) is 60.3 Å². The predicted molar refractivity (Wildman–Crippen MR) is 108 cm³/mol. The summed E-state index contributed by atoms with van der Waals surface area (Å²) in [7, 11) is 0. The van der Waals surface area contributed by atoms with Gasteiger partial charge in [0, 0.05) is 20.8 Å². The molecule has 0 amide bonds. The van der Waals surface area contributed by atoms with Crippen LogP contribution in [-0.2, 0) is 19.1 Å². The van der Waals surface area contributed by atoms with Crippen molar-refractivity contribution in [3.63, 3.8) is 0 Å². The molecule has 6 heteroatoms. The van der Waals surface area contributed by atoms with E-state index in [2.05, 4.69) is 0 Å². The Kier molecular flexibility index (Phi) is 6.80. The molecule has 154 valence electrons. The lowest BCUT2D eigenvalue weighted by molar-refractivity contribution is -0.144. The highest BCUT2D eigenvalue weighted by molar-refractivity contribution is 5.71. The van der Waals surface area contributed by atoms with E-state index in [4.69, 9.17) is 14.2 Å². The number of hydrogen-bond acceptors (Lipinski definition) is 6. The number of aryl methyl sites for hydroxylation is 4. The zero-order valence-electron chi connectivity index (χ0n) is 17.8. The standard InChI is InChI=1S/C23H26O6/c1-12-8-19(9-13(2)21(12)27-16(5)24)23(29-18(7)26)20-10-14(3)22(15(4)11-20)28-17(6)25/h8-11,23H,1-7H3. The molecule has 0 aliphatic carbocycles. The van der Waals surface area contributed by atoms with Crippen molar-refractivity contribution in [2.45, 2.75) is 54.6 Å². The second-order valence-corrected chi connectivity index (χ2v) is 7.14. The molecule has 0 saturated heterocycles. The van der Waals surface area contributed by atoms with Crippen molar-refractivity contribution in [2.75, 3.05) is 0 Å². The minimum Gasteiger partial charge on any atom is -0.453 e. The fourth-order valence-corrected chi connectivity index (χ4v) is 3.37. The number of carbonyl (C=O) groups is 3. The monoisotopic (exact) mass is 398 g/mol. The van der Waals surface area contributed by atoms with Crippen molar-refractivity contribution in [2.24, 2.45) is 0 Å². The van der Waals surface area contributed by atoms with Crippen LogP contribution in [0.25, 0.3) is 0 Å². The Labute approximate surface area is 170 Å². The van der Waals surface area contributed by atoms with Gasteiger partial charge in [-0.3, -0.25) is 14.4 Å². The van der Waals surface area contributed by atoms with Crippen LogP contribution in [0.3, 0.4) is 0 Å². The highest BCUT2D eigenvalue weighted by Crippen LogP contribution is 2.35. The van der Waals surface area contributed by atoms with Crippen LogP contribution in [0.2, 0.25) is 0 Å². The van der Waals surface area contributed by atoms with Crippen molar-refractivity contribution < 1.29 is 28.6 Å². The molecule has 0 bridgehead atoms. The Bertz CT molecular complexity index is 856. The van der Waals surface area contributed by atoms with Gasteiger partial charge in [0.15, 0.2) is 6.10 Å². The summed E-state index contributed by atoms with van der Waals surface area (Å²) in [5.74, 6) is -0.213. The minimum absolute atomic E-state index is 0.396. The molecule has 2 aromatic rings. The van der Waals surface area contributed by atoms with E-state index >= 15 is 0 Å². The first-order chi connectivity index (χ1) is 13.5. The van der Waals surface area contributed by atoms with E-state index in [9.17, 15) is 14.4 Å². The summed E-state index contributed by atoms with van der Waals surface area (Å²) < 4.78 is 16.2. The lowest BCUT2D eigenvalue weighted by Gasteiger charge is -2.22. The third kappa shape index (κ3) is 5.44. The highest BCUT2D eigenvalue weighted by atomic mass is 16.5. The Morgan fingerprint density at radius 2 is 0.931 bits per heavy atom. The average Bonchev–Trinajstić information content (AvgIpc) is 2.58. The van der Waals surface area contributed by atoms with Crippen LogP contribution in [0.4, 0.5) is 0 Å². The molecule has 0 spiro atoms. The van der Waals surface area contributed by atoms with Gasteiger partial charge in [-0.1, -0.05) is 0 Å². The molecule has 2 aromatic carbocycles. The first-order valence-corrected chi connectivity index (χ1v) is 9.26. The maximum Gasteiger partial charge on any atom is 0.308 e. The highest BCUT2D eigenvalue weighted by Gasteiger charge is 2.22. The lowest BCUT2D eigenvalue weighted by Crippen LogP contribution is -2.13. The van der Waals surface area contributed by atoms with Gasteiger partial charge in [0.05, 0.1) is 0 Å². The molecule has 0 atom stereocenters. The minimum atomic E-state index is -0.653. The molecule has 0 aliphatic rings. The molecule has 0 fully saturated rings. The summed E-state index contributed by atoms with van der Waals surface area (Å²) in [4.78, 5) is 34.5. The van der Waals surface area contributed by atoms with Crippen LogP contribution in [0.15, 0.2) is 24.3 Å². The topological polar surface area (TPSA) is 78.9 Å². The van der Waals surface area contributed by atoms with Crippen LogP contribution in [-0.4, -0.2) is 17.9 Å². The Hall–Kier alpha value is -3.15. The van der Waals surface area contributed by atoms with E-state index in [1.54, 1.807) is 0 Å². The molecule has 0 heterocycles. The fourth-order valence-electron chi connectivity index (χ4n) is 3.37. The molecule has 0 unspecified atom stereocenters. The maximum atomic E-state index is 11.8. The number of esters is 3. The van der Waals surface area contributed by atoms with E-state index < -0.39 is 24.0 Å².